The molecule has 0 aliphatic heterocycles. The monoisotopic (exact) mass is 313 g/mol. The molecule has 1 saturated carbocycles. The molecule has 0 unspecified atom stereocenters. The lowest BCUT2D eigenvalue weighted by atomic mass is 9.89. The number of hydrogen-bond donors (Lipinski definition) is 2. The second-order valence-electron chi connectivity index (χ2n) is 6.07. The summed E-state index contributed by atoms with van der Waals surface area (Å²) in [5.41, 5.74) is 0.898. The Morgan fingerprint density at radius 3 is 2.30 bits per heavy atom. The minimum atomic E-state index is -1.18. The predicted molar refractivity (Wildman–Crippen MR) is 84.5 cm³/mol. The average molecular weight is 313 g/mol. The van der Waals surface area contributed by atoms with Crippen molar-refractivity contribution in [3.63, 3.8) is 0 Å². The van der Waals surface area contributed by atoms with Gasteiger partial charge in [0.25, 0.3) is 5.91 Å². The van der Waals surface area contributed by atoms with Crippen molar-refractivity contribution in [1.82, 2.24) is 5.32 Å². The van der Waals surface area contributed by atoms with E-state index in [0.29, 0.717) is 0 Å². The first-order chi connectivity index (χ1) is 11.1. The Morgan fingerprint density at radius 1 is 1.04 bits per heavy atom. The van der Waals surface area contributed by atoms with Crippen molar-refractivity contribution >= 4 is 11.9 Å². The minimum absolute atomic E-state index is 0.0433. The third-order valence-corrected chi connectivity index (χ3v) is 4.37. The lowest BCUT2D eigenvalue weighted by Crippen LogP contribution is -2.48. The summed E-state index contributed by atoms with van der Waals surface area (Å²) in [7, 11) is 0. The van der Waals surface area contributed by atoms with Crippen LogP contribution in [0.2, 0.25) is 0 Å². The van der Waals surface area contributed by atoms with E-state index < -0.39 is 5.97 Å². The number of nitrogens with one attached hydrogen (secondary N) is 1. The van der Waals surface area contributed by atoms with E-state index in [4.69, 9.17) is 9.52 Å². The number of aromatic carboxylic acids is 1. The molecule has 1 heterocycles. The van der Waals surface area contributed by atoms with Crippen molar-refractivity contribution in [2.45, 2.75) is 37.6 Å². The standard InChI is InChI=1S/C18H19NO4/c20-16(14-8-9-15(23-14)17(21)22)19-18(10-4-5-11-18)12-13-6-2-1-3-7-13/h1-3,6-9H,4-5,10-12H2,(H,19,20)(H,21,22). The van der Waals surface area contributed by atoms with Gasteiger partial charge in [-0.2, -0.15) is 0 Å². The number of carbonyl (C=O) groups is 2. The van der Waals surface area contributed by atoms with Gasteiger partial charge in [-0.3, -0.25) is 4.79 Å². The molecule has 23 heavy (non-hydrogen) atoms. The van der Waals surface area contributed by atoms with Crippen LogP contribution >= 0.6 is 0 Å². The van der Waals surface area contributed by atoms with Gasteiger partial charge in [-0.1, -0.05) is 43.2 Å². The molecule has 1 fully saturated rings. The first-order valence-electron chi connectivity index (χ1n) is 7.78. The number of furan rings is 1. The molecule has 0 radical (unpaired) electrons. The van der Waals surface area contributed by atoms with Gasteiger partial charge < -0.3 is 14.8 Å². The van der Waals surface area contributed by atoms with Gasteiger partial charge >= 0.3 is 5.97 Å². The number of benzene rings is 1. The molecule has 0 spiro atoms. The number of carboxylic acid groups (broad SMARTS) is 1. The Kier molecular flexibility index (Phi) is 4.19. The molecule has 1 amide bonds. The fourth-order valence-electron chi connectivity index (χ4n) is 3.26. The molecular formula is C18H19NO4. The Labute approximate surface area is 134 Å². The number of rotatable bonds is 5. The summed E-state index contributed by atoms with van der Waals surface area (Å²) < 4.78 is 5.10. The quantitative estimate of drug-likeness (QED) is 0.888. The number of carbonyl (C=O) groups excluding carboxylic acids is 1. The van der Waals surface area contributed by atoms with Crippen LogP contribution in [0.15, 0.2) is 46.9 Å². The Balaban J connectivity index is 1.76. The van der Waals surface area contributed by atoms with Crippen LogP contribution < -0.4 is 5.32 Å². The second-order valence-corrected chi connectivity index (χ2v) is 6.07. The summed E-state index contributed by atoms with van der Waals surface area (Å²) in [6.07, 6.45) is 4.75. The largest absolute Gasteiger partial charge is 0.475 e. The van der Waals surface area contributed by atoms with Crippen LogP contribution in [0.1, 0.15) is 52.4 Å². The summed E-state index contributed by atoms with van der Waals surface area (Å²) in [4.78, 5) is 23.3. The summed E-state index contributed by atoms with van der Waals surface area (Å²) in [5, 5.41) is 12.0. The zero-order valence-electron chi connectivity index (χ0n) is 12.7. The molecule has 5 heteroatoms. The van der Waals surface area contributed by atoms with Crippen molar-refractivity contribution in [2.75, 3.05) is 0 Å². The zero-order chi connectivity index (χ0) is 16.3. The van der Waals surface area contributed by atoms with E-state index in [1.807, 2.05) is 18.2 Å². The van der Waals surface area contributed by atoms with Crippen LogP contribution in [0.4, 0.5) is 0 Å². The molecule has 1 aromatic heterocycles. The summed E-state index contributed by atoms with van der Waals surface area (Å²) in [5.74, 6) is -1.71. The van der Waals surface area contributed by atoms with Crippen LogP contribution in [-0.2, 0) is 6.42 Å². The Hall–Kier alpha value is -2.56. The van der Waals surface area contributed by atoms with E-state index >= 15 is 0 Å². The van der Waals surface area contributed by atoms with Crippen LogP contribution in [0.25, 0.3) is 0 Å². The summed E-state index contributed by atoms with van der Waals surface area (Å²) >= 11 is 0. The van der Waals surface area contributed by atoms with Crippen molar-refractivity contribution in [2.24, 2.45) is 0 Å². The van der Waals surface area contributed by atoms with E-state index in [2.05, 4.69) is 17.4 Å². The van der Waals surface area contributed by atoms with E-state index in [9.17, 15) is 9.59 Å². The average Bonchev–Trinajstić information content (AvgIpc) is 3.18. The minimum Gasteiger partial charge on any atom is -0.475 e. The third kappa shape index (κ3) is 3.44. The van der Waals surface area contributed by atoms with Crippen molar-refractivity contribution in [1.29, 1.82) is 0 Å². The van der Waals surface area contributed by atoms with Gasteiger partial charge in [-0.15, -0.1) is 0 Å². The molecule has 1 aliphatic carbocycles. The number of hydrogen-bond acceptors (Lipinski definition) is 3. The zero-order valence-corrected chi connectivity index (χ0v) is 12.7. The summed E-state index contributed by atoms with van der Waals surface area (Å²) in [6.45, 7) is 0. The SMILES string of the molecule is O=C(O)c1ccc(C(=O)NC2(Cc3ccccc3)CCCC2)o1. The van der Waals surface area contributed by atoms with Gasteiger partial charge in [-0.05, 0) is 37.0 Å². The summed E-state index contributed by atoms with van der Waals surface area (Å²) in [6, 6.07) is 12.8. The molecular weight excluding hydrogens is 294 g/mol. The van der Waals surface area contributed by atoms with E-state index in [1.165, 1.54) is 17.7 Å². The predicted octanol–water partition coefficient (Wildman–Crippen LogP) is 3.26. The smallest absolute Gasteiger partial charge is 0.371 e. The molecule has 1 aromatic carbocycles. The van der Waals surface area contributed by atoms with Crippen LogP contribution in [0, 0.1) is 0 Å². The maximum absolute atomic E-state index is 12.4. The molecule has 0 saturated heterocycles. The molecule has 3 rings (SSSR count). The normalized spacial score (nSPS) is 16.2. The van der Waals surface area contributed by atoms with E-state index in [-0.39, 0.29) is 23.0 Å². The Morgan fingerprint density at radius 2 is 1.70 bits per heavy atom. The number of carboxylic acids is 1. The fraction of sp³-hybridized carbons (Fsp3) is 0.333. The van der Waals surface area contributed by atoms with Crippen LogP contribution in [0.5, 0.6) is 0 Å². The highest BCUT2D eigenvalue weighted by molar-refractivity contribution is 5.94. The number of amides is 1. The molecule has 120 valence electrons. The highest BCUT2D eigenvalue weighted by atomic mass is 16.4. The van der Waals surface area contributed by atoms with Crippen molar-refractivity contribution < 1.29 is 19.1 Å². The fourth-order valence-corrected chi connectivity index (χ4v) is 3.26. The molecule has 2 aromatic rings. The molecule has 2 N–H and O–H groups in total. The first kappa shape index (κ1) is 15.3. The molecule has 1 aliphatic rings. The van der Waals surface area contributed by atoms with E-state index in [0.717, 1.165) is 32.1 Å². The maximum atomic E-state index is 12.4. The lowest BCUT2D eigenvalue weighted by Gasteiger charge is -2.30. The van der Waals surface area contributed by atoms with Crippen molar-refractivity contribution in [3.8, 4) is 0 Å². The molecule has 0 bridgehead atoms. The molecule has 5 nitrogen and oxygen atoms in total. The van der Waals surface area contributed by atoms with Gasteiger partial charge in [0.1, 0.15) is 0 Å². The first-order valence-corrected chi connectivity index (χ1v) is 7.78. The highest BCUT2D eigenvalue weighted by Crippen LogP contribution is 2.33. The van der Waals surface area contributed by atoms with Crippen LogP contribution in [-0.4, -0.2) is 22.5 Å². The topological polar surface area (TPSA) is 79.5 Å². The highest BCUT2D eigenvalue weighted by Gasteiger charge is 2.36. The second kappa shape index (κ2) is 6.28. The maximum Gasteiger partial charge on any atom is 0.371 e. The lowest BCUT2D eigenvalue weighted by molar-refractivity contribution is 0.0659. The Bertz CT molecular complexity index is 699. The third-order valence-electron chi connectivity index (χ3n) is 4.37. The van der Waals surface area contributed by atoms with Crippen molar-refractivity contribution in [3.05, 3.63) is 59.5 Å². The van der Waals surface area contributed by atoms with Gasteiger partial charge in [-0.25, -0.2) is 4.79 Å². The van der Waals surface area contributed by atoms with Crippen LogP contribution in [0.3, 0.4) is 0 Å². The van der Waals surface area contributed by atoms with Gasteiger partial charge in [0.2, 0.25) is 5.76 Å². The van der Waals surface area contributed by atoms with Gasteiger partial charge in [0.05, 0.1) is 0 Å². The van der Waals surface area contributed by atoms with Gasteiger partial charge in [0, 0.05) is 5.54 Å². The van der Waals surface area contributed by atoms with E-state index in [1.54, 1.807) is 0 Å². The van der Waals surface area contributed by atoms with Gasteiger partial charge in [0.15, 0.2) is 5.76 Å². The molecule has 0 atom stereocenters.